The van der Waals surface area contributed by atoms with Gasteiger partial charge in [0.15, 0.2) is 13.2 Å². The largest absolute Gasteiger partial charge is 0.465 e. The zero-order chi connectivity index (χ0) is 24.4. The van der Waals surface area contributed by atoms with Crippen LogP contribution in [0.4, 0.5) is 26.3 Å². The molecule has 184 valence electrons. The fraction of sp³-hybridized carbons (Fsp3) is 0.882. The van der Waals surface area contributed by atoms with Crippen LogP contribution in [0.5, 0.6) is 0 Å². The van der Waals surface area contributed by atoms with Gasteiger partial charge in [0.25, 0.3) is 0 Å². The van der Waals surface area contributed by atoms with Gasteiger partial charge in [0.05, 0.1) is 11.0 Å². The number of hydrogen-bond acceptors (Lipinski definition) is 7. The van der Waals surface area contributed by atoms with Gasteiger partial charge in [0.1, 0.15) is 0 Å². The molecule has 2 atom stereocenters. The summed E-state index contributed by atoms with van der Waals surface area (Å²) < 4.78 is 118. The summed E-state index contributed by atoms with van der Waals surface area (Å²) in [6, 6.07) is 0. The van der Waals surface area contributed by atoms with E-state index in [2.05, 4.69) is 9.47 Å². The first-order valence-corrected chi connectivity index (χ1v) is 10.9. The molecule has 0 radical (unpaired) electrons. The molecule has 0 saturated heterocycles. The molecule has 0 amide bonds. The fourth-order valence-corrected chi connectivity index (χ4v) is 5.59. The van der Waals surface area contributed by atoms with Crippen molar-refractivity contribution >= 4 is 22.1 Å². The normalized spacial score (nSPS) is 32.6. The lowest BCUT2D eigenvalue weighted by atomic mass is 9.48. The molecular formula is C17H20F6O8S. The Morgan fingerprint density at radius 3 is 1.81 bits per heavy atom. The third-order valence-corrected chi connectivity index (χ3v) is 7.14. The average molecular weight is 498 g/mol. The van der Waals surface area contributed by atoms with E-state index in [9.17, 15) is 49.5 Å². The third-order valence-electron chi connectivity index (χ3n) is 6.33. The van der Waals surface area contributed by atoms with Crippen LogP contribution in [-0.2, 0) is 29.2 Å². The van der Waals surface area contributed by atoms with E-state index in [4.69, 9.17) is 4.55 Å². The number of ether oxygens (including phenoxy) is 2. The first-order valence-electron chi connectivity index (χ1n) is 9.50. The summed E-state index contributed by atoms with van der Waals surface area (Å²) in [5.74, 6) is -14.9. The van der Waals surface area contributed by atoms with Crippen molar-refractivity contribution in [2.75, 3.05) is 13.2 Å². The zero-order valence-corrected chi connectivity index (χ0v) is 17.1. The molecule has 4 bridgehead atoms. The lowest BCUT2D eigenvalue weighted by Crippen LogP contribution is -2.59. The van der Waals surface area contributed by atoms with E-state index in [1.54, 1.807) is 0 Å². The van der Waals surface area contributed by atoms with Crippen LogP contribution in [0.25, 0.3) is 0 Å². The molecular weight excluding hydrogens is 478 g/mol. The maximum Gasteiger partial charge on any atom is 0.465 e. The Balaban J connectivity index is 1.62. The van der Waals surface area contributed by atoms with Gasteiger partial charge in [-0.2, -0.15) is 34.8 Å². The van der Waals surface area contributed by atoms with Gasteiger partial charge in [-0.25, -0.2) is 4.79 Å². The van der Waals surface area contributed by atoms with Gasteiger partial charge in [-0.3, -0.25) is 9.35 Å². The summed E-state index contributed by atoms with van der Waals surface area (Å²) in [4.78, 5) is 23.5. The van der Waals surface area contributed by atoms with Crippen LogP contribution >= 0.6 is 0 Å². The highest BCUT2D eigenvalue weighted by molar-refractivity contribution is 7.87. The van der Waals surface area contributed by atoms with Crippen LogP contribution in [-0.4, -0.2) is 65.9 Å². The minimum Gasteiger partial charge on any atom is -0.459 e. The number of rotatable bonds is 8. The van der Waals surface area contributed by atoms with Crippen molar-refractivity contribution in [1.82, 2.24) is 0 Å². The molecule has 0 aromatic heterocycles. The van der Waals surface area contributed by atoms with E-state index in [0.29, 0.717) is 12.8 Å². The van der Waals surface area contributed by atoms with Crippen molar-refractivity contribution in [3.8, 4) is 0 Å². The first kappa shape index (κ1) is 25.0. The minimum atomic E-state index is -6.38. The molecule has 0 aromatic carbocycles. The van der Waals surface area contributed by atoms with Crippen LogP contribution in [0, 0.1) is 17.3 Å². The summed E-state index contributed by atoms with van der Waals surface area (Å²) in [7, 11) is -6.38. The first-order chi connectivity index (χ1) is 14.3. The van der Waals surface area contributed by atoms with Gasteiger partial charge in [-0.1, -0.05) is 0 Å². The van der Waals surface area contributed by atoms with Crippen LogP contribution in [0.2, 0.25) is 0 Å². The fourth-order valence-electron chi connectivity index (χ4n) is 5.32. The van der Waals surface area contributed by atoms with Gasteiger partial charge in [-0.05, 0) is 50.4 Å². The quantitative estimate of drug-likeness (QED) is 0.296. The molecule has 4 aliphatic rings. The van der Waals surface area contributed by atoms with Gasteiger partial charge >= 0.3 is 39.2 Å². The SMILES string of the molecule is O=C(OCC(F)(F)C(F)(F)COC(=O)C(F)(F)S(=O)(=O)O)C12CC3CC(CC(O)(C3)C1)C2. The molecule has 2 unspecified atom stereocenters. The van der Waals surface area contributed by atoms with Crippen LogP contribution in [0.1, 0.15) is 38.5 Å². The molecule has 0 heterocycles. The van der Waals surface area contributed by atoms with Crippen molar-refractivity contribution in [2.24, 2.45) is 17.3 Å². The molecule has 4 aliphatic carbocycles. The van der Waals surface area contributed by atoms with E-state index in [1.807, 2.05) is 0 Å². The van der Waals surface area contributed by atoms with Gasteiger partial charge < -0.3 is 14.6 Å². The number of carbonyl (C=O) groups excluding carboxylic acids is 2. The van der Waals surface area contributed by atoms with Crippen molar-refractivity contribution < 1.29 is 63.5 Å². The van der Waals surface area contributed by atoms with Crippen molar-refractivity contribution in [2.45, 2.75) is 61.2 Å². The summed E-state index contributed by atoms with van der Waals surface area (Å²) in [5.41, 5.74) is -2.43. The Kier molecular flexibility index (Phi) is 5.82. The topological polar surface area (TPSA) is 127 Å². The molecule has 15 heteroatoms. The highest BCUT2D eigenvalue weighted by atomic mass is 32.2. The van der Waals surface area contributed by atoms with E-state index in [0.717, 1.165) is 6.42 Å². The average Bonchev–Trinajstić information content (AvgIpc) is 2.61. The summed E-state index contributed by atoms with van der Waals surface area (Å²) in [5, 5.41) is 4.92. The Bertz CT molecular complexity index is 891. The Labute approximate surface area is 178 Å². The second-order valence-electron chi connectivity index (χ2n) is 9.02. The molecule has 2 N–H and O–H groups in total. The summed E-state index contributed by atoms with van der Waals surface area (Å²) in [6.45, 7) is -4.84. The van der Waals surface area contributed by atoms with Gasteiger partial charge in [-0.15, -0.1) is 0 Å². The van der Waals surface area contributed by atoms with E-state index in [1.165, 1.54) is 0 Å². The predicted octanol–water partition coefficient (Wildman–Crippen LogP) is 2.16. The van der Waals surface area contributed by atoms with Gasteiger partial charge in [0.2, 0.25) is 0 Å². The van der Waals surface area contributed by atoms with Crippen molar-refractivity contribution in [3.05, 3.63) is 0 Å². The number of carbonyl (C=O) groups is 2. The van der Waals surface area contributed by atoms with E-state index in [-0.39, 0.29) is 31.1 Å². The highest BCUT2D eigenvalue weighted by Gasteiger charge is 2.63. The van der Waals surface area contributed by atoms with Crippen molar-refractivity contribution in [1.29, 1.82) is 0 Å². The number of esters is 2. The highest BCUT2D eigenvalue weighted by Crippen LogP contribution is 2.62. The number of alkyl halides is 6. The smallest absolute Gasteiger partial charge is 0.459 e. The maximum absolute atomic E-state index is 14.0. The van der Waals surface area contributed by atoms with Crippen LogP contribution < -0.4 is 0 Å². The lowest BCUT2D eigenvalue weighted by molar-refractivity contribution is -0.254. The van der Waals surface area contributed by atoms with E-state index < -0.39 is 63.4 Å². The molecule has 4 saturated carbocycles. The summed E-state index contributed by atoms with van der Waals surface area (Å²) in [6.07, 6.45) is 2.13. The number of aliphatic hydroxyl groups is 1. The molecule has 0 spiro atoms. The third kappa shape index (κ3) is 4.30. The number of halogens is 6. The molecule has 4 fully saturated rings. The van der Waals surface area contributed by atoms with Crippen LogP contribution in [0.15, 0.2) is 0 Å². The Morgan fingerprint density at radius 2 is 1.38 bits per heavy atom. The maximum atomic E-state index is 14.0. The molecule has 0 aromatic rings. The standard InChI is InChI=1S/C17H20F6O8S/c18-15(19,16(20,21)8-31-12(25)17(22,23)32(27,28)29)7-30-11(24)13-2-9-1-10(3-13)5-14(26,4-9)6-13/h9-10,26H,1-8H2,(H,27,28,29). The Hall–Kier alpha value is -1.61. The molecule has 4 rings (SSSR count). The van der Waals surface area contributed by atoms with Crippen LogP contribution in [0.3, 0.4) is 0 Å². The monoisotopic (exact) mass is 498 g/mol. The lowest BCUT2D eigenvalue weighted by Gasteiger charge is -2.58. The summed E-state index contributed by atoms with van der Waals surface area (Å²) >= 11 is 0. The number of hydrogen-bond donors (Lipinski definition) is 2. The molecule has 32 heavy (non-hydrogen) atoms. The predicted molar refractivity (Wildman–Crippen MR) is 90.4 cm³/mol. The van der Waals surface area contributed by atoms with Crippen molar-refractivity contribution in [3.63, 3.8) is 0 Å². The minimum absolute atomic E-state index is 0.0281. The molecule has 8 nitrogen and oxygen atoms in total. The van der Waals surface area contributed by atoms with E-state index >= 15 is 0 Å². The Morgan fingerprint density at radius 1 is 0.906 bits per heavy atom. The molecule has 0 aliphatic heterocycles. The van der Waals surface area contributed by atoms with Gasteiger partial charge in [0, 0.05) is 0 Å². The second kappa shape index (κ2) is 7.45. The zero-order valence-electron chi connectivity index (χ0n) is 16.3. The second-order valence-corrected chi connectivity index (χ2v) is 10.5.